The van der Waals surface area contributed by atoms with E-state index >= 15 is 0 Å². The summed E-state index contributed by atoms with van der Waals surface area (Å²) < 4.78 is 6.06. The smallest absolute Gasteiger partial charge is 0.290 e. The molecule has 0 saturated heterocycles. The molecule has 30 heavy (non-hydrogen) atoms. The number of carbonyl (C=O) groups excluding carboxylic acids is 1. The molecular weight excluding hydrogens is 396 g/mol. The van der Waals surface area contributed by atoms with Crippen molar-refractivity contribution in [2.24, 2.45) is 0 Å². The van der Waals surface area contributed by atoms with E-state index in [0.29, 0.717) is 29.6 Å². The first kappa shape index (κ1) is 20.7. The molecule has 1 amide bonds. The summed E-state index contributed by atoms with van der Waals surface area (Å²) in [5.41, 5.74) is 3.80. The van der Waals surface area contributed by atoms with E-state index in [2.05, 4.69) is 0 Å². The summed E-state index contributed by atoms with van der Waals surface area (Å²) in [6, 6.07) is 11.4. The average molecular weight is 423 g/mol. The second kappa shape index (κ2) is 7.93. The van der Waals surface area contributed by atoms with Gasteiger partial charge in [-0.2, -0.15) is 0 Å². The third kappa shape index (κ3) is 3.44. The summed E-state index contributed by atoms with van der Waals surface area (Å²) in [5, 5.41) is 0.532. The Kier molecular flexibility index (Phi) is 5.47. The van der Waals surface area contributed by atoms with Crippen LogP contribution >= 0.6 is 11.8 Å². The van der Waals surface area contributed by atoms with Crippen molar-refractivity contribution in [3.05, 3.63) is 74.6 Å². The van der Waals surface area contributed by atoms with E-state index in [1.54, 1.807) is 16.7 Å². The highest BCUT2D eigenvalue weighted by molar-refractivity contribution is 7.98. The first-order valence-electron chi connectivity index (χ1n) is 9.99. The number of fused-ring (bicyclic) bond motifs is 2. The van der Waals surface area contributed by atoms with Crippen LogP contribution in [0.1, 0.15) is 38.9 Å². The third-order valence-electron chi connectivity index (χ3n) is 5.80. The number of amides is 1. The van der Waals surface area contributed by atoms with Crippen LogP contribution in [0.15, 0.2) is 50.5 Å². The molecule has 1 aromatic heterocycles. The Morgan fingerprint density at radius 1 is 1.07 bits per heavy atom. The lowest BCUT2D eigenvalue weighted by molar-refractivity contribution is 0.0716. The van der Waals surface area contributed by atoms with Crippen molar-refractivity contribution in [2.75, 3.05) is 33.4 Å². The van der Waals surface area contributed by atoms with Crippen LogP contribution < -0.4 is 5.43 Å². The minimum absolute atomic E-state index is 0.117. The molecule has 5 nitrogen and oxygen atoms in total. The molecule has 2 heterocycles. The fraction of sp³-hybridized carbons (Fsp3) is 0.333. The second-order valence-electron chi connectivity index (χ2n) is 8.08. The molecule has 0 saturated carbocycles. The molecule has 1 aliphatic rings. The van der Waals surface area contributed by atoms with Gasteiger partial charge in [0.25, 0.3) is 5.91 Å². The first-order chi connectivity index (χ1) is 14.3. The number of aryl methyl sites for hydroxylation is 2. The van der Waals surface area contributed by atoms with Gasteiger partial charge >= 0.3 is 0 Å². The van der Waals surface area contributed by atoms with E-state index in [4.69, 9.17) is 4.42 Å². The fourth-order valence-corrected chi connectivity index (χ4v) is 4.35. The average Bonchev–Trinajstić information content (AvgIpc) is 3.00. The molecule has 0 bridgehead atoms. The van der Waals surface area contributed by atoms with Gasteiger partial charge in [-0.3, -0.25) is 9.59 Å². The van der Waals surface area contributed by atoms with Crippen molar-refractivity contribution in [1.29, 1.82) is 0 Å². The lowest BCUT2D eigenvalue weighted by Gasteiger charge is -2.26. The predicted molar refractivity (Wildman–Crippen MR) is 122 cm³/mol. The Labute approximate surface area is 180 Å². The summed E-state index contributed by atoms with van der Waals surface area (Å²) in [5.74, 6) is -0.0449. The summed E-state index contributed by atoms with van der Waals surface area (Å²) in [6.45, 7) is 5.17. The van der Waals surface area contributed by atoms with Gasteiger partial charge in [0.2, 0.25) is 5.76 Å². The van der Waals surface area contributed by atoms with E-state index in [1.165, 1.54) is 0 Å². The standard InChI is InChI=1S/C24H26N2O3S/c1-14-12-18-19(13-15(14)2)29-23-20(22(18)27)21(16-6-8-17(30-5)9-7-16)26(24(23)28)11-10-25(3)4/h6-9,12-13,21H,10-11H2,1-5H3. The Morgan fingerprint density at radius 3 is 2.37 bits per heavy atom. The normalized spacial score (nSPS) is 16.0. The molecule has 4 rings (SSSR count). The van der Waals surface area contributed by atoms with Crippen molar-refractivity contribution in [3.63, 3.8) is 0 Å². The molecule has 1 atom stereocenters. The van der Waals surface area contributed by atoms with Gasteiger partial charge in [0.15, 0.2) is 5.43 Å². The monoisotopic (exact) mass is 422 g/mol. The maximum atomic E-state index is 13.6. The SMILES string of the molecule is CSc1ccc(C2c3c(oc4cc(C)c(C)cc4c3=O)C(=O)N2CCN(C)C)cc1. The van der Waals surface area contributed by atoms with Crippen LogP contribution in [0, 0.1) is 13.8 Å². The topological polar surface area (TPSA) is 53.8 Å². The van der Waals surface area contributed by atoms with Gasteiger partial charge in [-0.05, 0) is 75.2 Å². The number of nitrogens with zero attached hydrogens (tertiary/aromatic N) is 2. The van der Waals surface area contributed by atoms with E-state index < -0.39 is 6.04 Å². The molecule has 0 radical (unpaired) electrons. The Morgan fingerprint density at radius 2 is 1.73 bits per heavy atom. The molecule has 0 N–H and O–H groups in total. The first-order valence-corrected chi connectivity index (χ1v) is 11.2. The number of hydrogen-bond donors (Lipinski definition) is 0. The van der Waals surface area contributed by atoms with Crippen LogP contribution in [0.3, 0.4) is 0 Å². The number of rotatable bonds is 5. The van der Waals surface area contributed by atoms with E-state index in [0.717, 1.165) is 21.6 Å². The van der Waals surface area contributed by atoms with Gasteiger partial charge in [-0.1, -0.05) is 12.1 Å². The maximum absolute atomic E-state index is 13.6. The quantitative estimate of drug-likeness (QED) is 0.576. The van der Waals surface area contributed by atoms with Gasteiger partial charge < -0.3 is 14.2 Å². The third-order valence-corrected chi connectivity index (χ3v) is 6.55. The lowest BCUT2D eigenvalue weighted by Crippen LogP contribution is -2.35. The molecular formula is C24H26N2O3S. The molecule has 2 aromatic carbocycles. The van der Waals surface area contributed by atoms with E-state index in [-0.39, 0.29) is 17.1 Å². The van der Waals surface area contributed by atoms with Crippen molar-refractivity contribution in [3.8, 4) is 0 Å². The highest BCUT2D eigenvalue weighted by Crippen LogP contribution is 2.38. The van der Waals surface area contributed by atoms with Crippen molar-refractivity contribution < 1.29 is 9.21 Å². The van der Waals surface area contributed by atoms with Gasteiger partial charge in [0.05, 0.1) is 17.0 Å². The molecule has 6 heteroatoms. The van der Waals surface area contributed by atoms with Crippen LogP contribution in [-0.4, -0.2) is 49.1 Å². The molecule has 0 fully saturated rings. The molecule has 0 aliphatic carbocycles. The molecule has 1 aliphatic heterocycles. The Bertz CT molecular complexity index is 1180. The zero-order valence-electron chi connectivity index (χ0n) is 18.0. The molecule has 0 spiro atoms. The van der Waals surface area contributed by atoms with Gasteiger partial charge in [0, 0.05) is 18.0 Å². The molecule has 3 aromatic rings. The zero-order chi connectivity index (χ0) is 21.6. The van der Waals surface area contributed by atoms with Crippen LogP contribution in [0.4, 0.5) is 0 Å². The number of likely N-dealkylation sites (N-methyl/N-ethyl adjacent to an activating group) is 1. The number of hydrogen-bond acceptors (Lipinski definition) is 5. The fourth-order valence-electron chi connectivity index (χ4n) is 3.95. The molecule has 1 unspecified atom stereocenters. The zero-order valence-corrected chi connectivity index (χ0v) is 18.8. The minimum atomic E-state index is -0.439. The van der Waals surface area contributed by atoms with E-state index in [1.807, 2.05) is 75.5 Å². The van der Waals surface area contributed by atoms with Gasteiger partial charge in [-0.25, -0.2) is 0 Å². The minimum Gasteiger partial charge on any atom is -0.450 e. The molecule has 156 valence electrons. The predicted octanol–water partition coefficient (Wildman–Crippen LogP) is 4.24. The van der Waals surface area contributed by atoms with Gasteiger partial charge in [-0.15, -0.1) is 11.8 Å². The maximum Gasteiger partial charge on any atom is 0.290 e. The summed E-state index contributed by atoms with van der Waals surface area (Å²) in [6.07, 6.45) is 2.03. The lowest BCUT2D eigenvalue weighted by atomic mass is 9.97. The Balaban J connectivity index is 1.93. The Hall–Kier alpha value is -2.57. The second-order valence-corrected chi connectivity index (χ2v) is 8.96. The van der Waals surface area contributed by atoms with Crippen LogP contribution in [0.2, 0.25) is 0 Å². The van der Waals surface area contributed by atoms with Crippen LogP contribution in [0.5, 0.6) is 0 Å². The van der Waals surface area contributed by atoms with Crippen molar-refractivity contribution in [1.82, 2.24) is 9.80 Å². The highest BCUT2D eigenvalue weighted by Gasteiger charge is 2.42. The summed E-state index contributed by atoms with van der Waals surface area (Å²) in [7, 11) is 3.94. The van der Waals surface area contributed by atoms with Crippen LogP contribution in [0.25, 0.3) is 11.0 Å². The summed E-state index contributed by atoms with van der Waals surface area (Å²) >= 11 is 1.66. The van der Waals surface area contributed by atoms with Gasteiger partial charge in [0.1, 0.15) is 5.58 Å². The number of thioether (sulfide) groups is 1. The van der Waals surface area contributed by atoms with Crippen molar-refractivity contribution >= 4 is 28.6 Å². The van der Waals surface area contributed by atoms with Crippen LogP contribution in [-0.2, 0) is 0 Å². The summed E-state index contributed by atoms with van der Waals surface area (Å²) in [4.78, 5) is 31.8. The number of carbonyl (C=O) groups is 1. The van der Waals surface area contributed by atoms with Crippen molar-refractivity contribution in [2.45, 2.75) is 24.8 Å². The van der Waals surface area contributed by atoms with E-state index in [9.17, 15) is 9.59 Å². The highest BCUT2D eigenvalue weighted by atomic mass is 32.2. The number of benzene rings is 2. The largest absolute Gasteiger partial charge is 0.450 e.